The van der Waals surface area contributed by atoms with Crippen molar-refractivity contribution in [2.45, 2.75) is 44.9 Å². The number of nitrogens with zero attached hydrogens (tertiary/aromatic N) is 2. The summed E-state index contributed by atoms with van der Waals surface area (Å²) in [6.07, 6.45) is 2.37. The Kier molecular flexibility index (Phi) is 3.15. The van der Waals surface area contributed by atoms with Crippen LogP contribution in [-0.4, -0.2) is 21.8 Å². The smallest absolute Gasteiger partial charge is 0.235 e. The Bertz CT molecular complexity index is 491. The monoisotopic (exact) mass is 247 g/mol. The van der Waals surface area contributed by atoms with Crippen LogP contribution in [0.1, 0.15) is 50.9 Å². The van der Waals surface area contributed by atoms with Gasteiger partial charge < -0.3 is 0 Å². The second-order valence-corrected chi connectivity index (χ2v) is 5.58. The fourth-order valence-corrected chi connectivity index (χ4v) is 1.95. The van der Waals surface area contributed by atoms with Crippen LogP contribution in [0.4, 0.5) is 0 Å². The van der Waals surface area contributed by atoms with E-state index in [4.69, 9.17) is 0 Å². The molecule has 18 heavy (non-hydrogen) atoms. The molecule has 0 aliphatic carbocycles. The summed E-state index contributed by atoms with van der Waals surface area (Å²) in [7, 11) is 0. The summed E-state index contributed by atoms with van der Waals surface area (Å²) in [6, 6.07) is 1.86. The number of carbonyl (C=O) groups is 2. The molecule has 96 valence electrons. The number of hydrogen-bond acceptors (Lipinski definition) is 4. The number of piperidine rings is 1. The summed E-state index contributed by atoms with van der Waals surface area (Å²) in [5.41, 5.74) is 1.51. The number of carbonyl (C=O) groups excluding carboxylic acids is 2. The van der Waals surface area contributed by atoms with Crippen LogP contribution in [0.3, 0.4) is 0 Å². The molecule has 1 fully saturated rings. The number of nitrogens with one attached hydrogen (secondary N) is 1. The Morgan fingerprint density at radius 1 is 1.28 bits per heavy atom. The van der Waals surface area contributed by atoms with E-state index < -0.39 is 0 Å². The predicted octanol–water partition coefficient (Wildman–Crippen LogP) is 1.29. The van der Waals surface area contributed by atoms with Crippen molar-refractivity contribution in [1.29, 1.82) is 0 Å². The van der Waals surface area contributed by atoms with E-state index in [-0.39, 0.29) is 23.1 Å². The number of imide groups is 1. The molecule has 1 saturated heterocycles. The first kappa shape index (κ1) is 12.7. The quantitative estimate of drug-likeness (QED) is 0.759. The van der Waals surface area contributed by atoms with Crippen LogP contribution >= 0.6 is 0 Å². The number of amides is 2. The summed E-state index contributed by atoms with van der Waals surface area (Å²) in [5.74, 6) is -0.807. The largest absolute Gasteiger partial charge is 0.296 e. The number of hydrogen-bond donors (Lipinski definition) is 1. The van der Waals surface area contributed by atoms with E-state index in [0.29, 0.717) is 18.5 Å². The maximum absolute atomic E-state index is 11.8. The average Bonchev–Trinajstić information content (AvgIpc) is 2.28. The molecule has 0 bridgehead atoms. The third kappa shape index (κ3) is 2.55. The molecule has 1 aliphatic heterocycles. The minimum absolute atomic E-state index is 0.0847. The Balaban J connectivity index is 2.29. The van der Waals surface area contributed by atoms with Crippen LogP contribution in [0.25, 0.3) is 0 Å². The normalized spacial score (nSPS) is 20.7. The van der Waals surface area contributed by atoms with Crippen LogP contribution in [0.15, 0.2) is 12.4 Å². The molecule has 5 nitrogen and oxygen atoms in total. The molecule has 0 spiro atoms. The van der Waals surface area contributed by atoms with E-state index in [1.165, 1.54) is 6.33 Å². The molecule has 2 rings (SSSR count). The Morgan fingerprint density at radius 3 is 2.61 bits per heavy atom. The highest BCUT2D eigenvalue weighted by atomic mass is 16.2. The van der Waals surface area contributed by atoms with Crippen LogP contribution in [0.2, 0.25) is 0 Å². The van der Waals surface area contributed by atoms with Crippen molar-refractivity contribution < 1.29 is 9.59 Å². The van der Waals surface area contributed by atoms with Gasteiger partial charge in [0.2, 0.25) is 11.8 Å². The second-order valence-electron chi connectivity index (χ2n) is 5.58. The zero-order chi connectivity index (χ0) is 13.3. The first-order valence-electron chi connectivity index (χ1n) is 6.04. The summed E-state index contributed by atoms with van der Waals surface area (Å²) in [5, 5.41) is 2.35. The summed E-state index contributed by atoms with van der Waals surface area (Å²) in [6.45, 7) is 6.18. The molecule has 1 N–H and O–H groups in total. The maximum Gasteiger partial charge on any atom is 0.235 e. The van der Waals surface area contributed by atoms with E-state index >= 15 is 0 Å². The van der Waals surface area contributed by atoms with Crippen LogP contribution in [-0.2, 0) is 15.0 Å². The number of aromatic nitrogens is 2. The van der Waals surface area contributed by atoms with E-state index in [0.717, 1.165) is 5.69 Å². The Morgan fingerprint density at radius 2 is 2.00 bits per heavy atom. The van der Waals surface area contributed by atoms with Gasteiger partial charge in [0.05, 0.1) is 11.6 Å². The van der Waals surface area contributed by atoms with Gasteiger partial charge in [-0.25, -0.2) is 9.97 Å². The van der Waals surface area contributed by atoms with Crippen molar-refractivity contribution in [3.63, 3.8) is 0 Å². The van der Waals surface area contributed by atoms with E-state index in [1.54, 1.807) is 0 Å². The van der Waals surface area contributed by atoms with Crippen LogP contribution < -0.4 is 5.32 Å². The summed E-state index contributed by atoms with van der Waals surface area (Å²) >= 11 is 0. The van der Waals surface area contributed by atoms with E-state index in [9.17, 15) is 9.59 Å². The minimum atomic E-state index is -0.341. The lowest BCUT2D eigenvalue weighted by atomic mass is 9.88. The first-order chi connectivity index (χ1) is 8.38. The first-order valence-corrected chi connectivity index (χ1v) is 6.04. The summed E-state index contributed by atoms with van der Waals surface area (Å²) < 4.78 is 0. The molecule has 0 aromatic carbocycles. The fraction of sp³-hybridized carbons (Fsp3) is 0.538. The molecule has 0 saturated carbocycles. The Hall–Kier alpha value is -1.78. The molecule has 0 radical (unpaired) electrons. The molecular formula is C13H17N3O2. The highest BCUT2D eigenvalue weighted by molar-refractivity contribution is 6.00. The van der Waals surface area contributed by atoms with Gasteiger partial charge in [0, 0.05) is 17.5 Å². The zero-order valence-corrected chi connectivity index (χ0v) is 10.9. The van der Waals surface area contributed by atoms with E-state index in [2.05, 4.69) is 36.1 Å². The molecule has 1 atom stereocenters. The molecule has 1 aliphatic rings. The van der Waals surface area contributed by atoms with Crippen molar-refractivity contribution in [2.24, 2.45) is 0 Å². The molecule has 1 unspecified atom stereocenters. The van der Waals surface area contributed by atoms with Gasteiger partial charge >= 0.3 is 0 Å². The third-order valence-electron chi connectivity index (χ3n) is 3.05. The lowest BCUT2D eigenvalue weighted by Crippen LogP contribution is -2.39. The lowest BCUT2D eigenvalue weighted by Gasteiger charge is -2.22. The van der Waals surface area contributed by atoms with Gasteiger partial charge in [-0.1, -0.05) is 20.8 Å². The van der Waals surface area contributed by atoms with Gasteiger partial charge in [-0.2, -0.15) is 0 Å². The van der Waals surface area contributed by atoms with Crippen molar-refractivity contribution >= 4 is 11.8 Å². The fourth-order valence-electron chi connectivity index (χ4n) is 1.95. The Labute approximate surface area is 106 Å². The topological polar surface area (TPSA) is 72.0 Å². The molecular weight excluding hydrogens is 230 g/mol. The zero-order valence-electron chi connectivity index (χ0n) is 10.9. The van der Waals surface area contributed by atoms with Gasteiger partial charge in [-0.3, -0.25) is 14.9 Å². The van der Waals surface area contributed by atoms with Gasteiger partial charge in [0.15, 0.2) is 0 Å². The predicted molar refractivity (Wildman–Crippen MR) is 65.9 cm³/mol. The van der Waals surface area contributed by atoms with Crippen LogP contribution in [0.5, 0.6) is 0 Å². The summed E-state index contributed by atoms with van der Waals surface area (Å²) in [4.78, 5) is 31.3. The van der Waals surface area contributed by atoms with Crippen molar-refractivity contribution in [1.82, 2.24) is 15.3 Å². The SMILES string of the molecule is CC(C)(C)c1cc(C2CCC(=O)NC2=O)ncn1. The molecule has 2 amide bonds. The van der Waals surface area contributed by atoms with Crippen molar-refractivity contribution in [3.05, 3.63) is 23.8 Å². The minimum Gasteiger partial charge on any atom is -0.296 e. The highest BCUT2D eigenvalue weighted by Crippen LogP contribution is 2.26. The van der Waals surface area contributed by atoms with Crippen molar-refractivity contribution in [2.75, 3.05) is 0 Å². The second kappa shape index (κ2) is 4.48. The maximum atomic E-state index is 11.8. The molecule has 5 heteroatoms. The standard InChI is InChI=1S/C13H17N3O2/c1-13(2,3)10-6-9(14-7-15-10)8-4-5-11(17)16-12(8)18/h6-8H,4-5H2,1-3H3,(H,16,17,18). The average molecular weight is 247 g/mol. The van der Waals surface area contributed by atoms with E-state index in [1.807, 2.05) is 6.07 Å². The van der Waals surface area contributed by atoms with Crippen molar-refractivity contribution in [3.8, 4) is 0 Å². The molecule has 2 heterocycles. The molecule has 1 aromatic heterocycles. The van der Waals surface area contributed by atoms with Crippen LogP contribution in [0, 0.1) is 0 Å². The number of rotatable bonds is 1. The lowest BCUT2D eigenvalue weighted by molar-refractivity contribution is -0.134. The van der Waals surface area contributed by atoms with Gasteiger partial charge in [-0.05, 0) is 12.5 Å². The van der Waals surface area contributed by atoms with Gasteiger partial charge in [0.25, 0.3) is 0 Å². The van der Waals surface area contributed by atoms with Gasteiger partial charge in [-0.15, -0.1) is 0 Å². The molecule has 1 aromatic rings. The van der Waals surface area contributed by atoms with Gasteiger partial charge in [0.1, 0.15) is 6.33 Å². The third-order valence-corrected chi connectivity index (χ3v) is 3.05. The highest BCUT2D eigenvalue weighted by Gasteiger charge is 2.30.